The average molecular weight is 412 g/mol. The van der Waals surface area contributed by atoms with Crippen LogP contribution in [0.4, 0.5) is 0 Å². The number of nitrogens with zero attached hydrogens (tertiary/aromatic N) is 2. The van der Waals surface area contributed by atoms with E-state index in [0.29, 0.717) is 36.9 Å². The van der Waals surface area contributed by atoms with Gasteiger partial charge in [0, 0.05) is 25.0 Å². The van der Waals surface area contributed by atoms with E-state index in [1.54, 1.807) is 14.2 Å². The highest BCUT2D eigenvalue weighted by Crippen LogP contribution is 2.39. The van der Waals surface area contributed by atoms with E-state index in [1.165, 1.54) is 11.9 Å². The first-order chi connectivity index (χ1) is 14.5. The SMILES string of the molecule is CCOc1ccc(C2=NN(C(C)=O)C(c3ccc(OC)c(OC)c3)C2)c(OCC)c1. The second-order valence-electron chi connectivity index (χ2n) is 6.77. The van der Waals surface area contributed by atoms with Crippen molar-refractivity contribution in [2.45, 2.75) is 33.2 Å². The number of hydrogen-bond acceptors (Lipinski definition) is 6. The monoisotopic (exact) mass is 412 g/mol. The number of methoxy groups -OCH3 is 2. The number of hydrazone groups is 1. The molecule has 0 bridgehead atoms. The number of carbonyl (C=O) groups is 1. The highest BCUT2D eigenvalue weighted by molar-refractivity contribution is 6.05. The quantitative estimate of drug-likeness (QED) is 0.650. The number of rotatable bonds is 8. The molecule has 1 atom stereocenters. The van der Waals surface area contributed by atoms with Crippen molar-refractivity contribution >= 4 is 11.6 Å². The minimum atomic E-state index is -0.238. The van der Waals surface area contributed by atoms with E-state index in [1.807, 2.05) is 50.2 Å². The van der Waals surface area contributed by atoms with Gasteiger partial charge in [-0.2, -0.15) is 5.10 Å². The first kappa shape index (κ1) is 21.5. The van der Waals surface area contributed by atoms with Gasteiger partial charge in [0.2, 0.25) is 5.91 Å². The summed E-state index contributed by atoms with van der Waals surface area (Å²) in [4.78, 5) is 12.3. The van der Waals surface area contributed by atoms with E-state index in [4.69, 9.17) is 18.9 Å². The van der Waals surface area contributed by atoms with Crippen LogP contribution in [-0.4, -0.2) is 44.1 Å². The highest BCUT2D eigenvalue weighted by atomic mass is 16.5. The van der Waals surface area contributed by atoms with Crippen LogP contribution in [0.2, 0.25) is 0 Å². The number of amides is 1. The van der Waals surface area contributed by atoms with Gasteiger partial charge in [-0.3, -0.25) is 4.79 Å². The van der Waals surface area contributed by atoms with Crippen molar-refractivity contribution in [3.8, 4) is 23.0 Å². The van der Waals surface area contributed by atoms with Gasteiger partial charge in [-0.15, -0.1) is 0 Å². The molecule has 30 heavy (non-hydrogen) atoms. The first-order valence-electron chi connectivity index (χ1n) is 10.0. The summed E-state index contributed by atoms with van der Waals surface area (Å²) in [6, 6.07) is 11.1. The Morgan fingerprint density at radius 1 is 1.00 bits per heavy atom. The normalized spacial score (nSPS) is 15.6. The Labute approximate surface area is 177 Å². The van der Waals surface area contributed by atoms with Gasteiger partial charge in [-0.25, -0.2) is 5.01 Å². The predicted molar refractivity (Wildman–Crippen MR) is 115 cm³/mol. The lowest BCUT2D eigenvalue weighted by Gasteiger charge is -2.21. The maximum atomic E-state index is 12.3. The molecule has 2 aromatic rings. The van der Waals surface area contributed by atoms with Crippen LogP contribution in [-0.2, 0) is 4.79 Å². The second-order valence-corrected chi connectivity index (χ2v) is 6.77. The maximum Gasteiger partial charge on any atom is 0.240 e. The molecule has 0 spiro atoms. The number of ether oxygens (including phenoxy) is 4. The van der Waals surface area contributed by atoms with Gasteiger partial charge in [0.1, 0.15) is 11.5 Å². The van der Waals surface area contributed by atoms with Crippen LogP contribution in [0.5, 0.6) is 23.0 Å². The molecule has 0 saturated heterocycles. The van der Waals surface area contributed by atoms with Gasteiger partial charge in [0.25, 0.3) is 0 Å². The van der Waals surface area contributed by atoms with E-state index in [9.17, 15) is 4.79 Å². The molecule has 1 unspecified atom stereocenters. The van der Waals surface area contributed by atoms with E-state index in [0.717, 1.165) is 22.6 Å². The zero-order valence-corrected chi connectivity index (χ0v) is 18.1. The van der Waals surface area contributed by atoms with Crippen molar-refractivity contribution in [3.63, 3.8) is 0 Å². The fraction of sp³-hybridized carbons (Fsp3) is 0.391. The van der Waals surface area contributed by atoms with Crippen LogP contribution in [0.15, 0.2) is 41.5 Å². The molecule has 1 amide bonds. The molecule has 1 aliphatic rings. The van der Waals surface area contributed by atoms with E-state index >= 15 is 0 Å². The third kappa shape index (κ3) is 4.35. The molecular formula is C23H28N2O5. The molecule has 1 heterocycles. The van der Waals surface area contributed by atoms with E-state index in [-0.39, 0.29) is 11.9 Å². The lowest BCUT2D eigenvalue weighted by atomic mass is 9.97. The maximum absolute atomic E-state index is 12.3. The van der Waals surface area contributed by atoms with Gasteiger partial charge in [-0.1, -0.05) is 6.07 Å². The molecule has 0 N–H and O–H groups in total. The largest absolute Gasteiger partial charge is 0.494 e. The zero-order chi connectivity index (χ0) is 21.7. The zero-order valence-electron chi connectivity index (χ0n) is 18.1. The minimum Gasteiger partial charge on any atom is -0.494 e. The van der Waals surface area contributed by atoms with Crippen molar-refractivity contribution in [3.05, 3.63) is 47.5 Å². The minimum absolute atomic E-state index is 0.131. The molecule has 0 radical (unpaired) electrons. The summed E-state index contributed by atoms with van der Waals surface area (Å²) in [5.74, 6) is 2.55. The standard InChI is InChI=1S/C23H28N2O5/c1-6-29-17-9-10-18(22(13-17)30-7-2)19-14-20(25(24-19)15(3)26)16-8-11-21(27-4)23(12-16)28-5/h8-13,20H,6-7,14H2,1-5H3. The van der Waals surface area contributed by atoms with Gasteiger partial charge < -0.3 is 18.9 Å². The molecule has 3 rings (SSSR count). The van der Waals surface area contributed by atoms with Crippen molar-refractivity contribution in [1.29, 1.82) is 0 Å². The molecule has 7 nitrogen and oxygen atoms in total. The molecule has 7 heteroatoms. The van der Waals surface area contributed by atoms with Crippen LogP contribution in [0.1, 0.15) is 44.4 Å². The van der Waals surface area contributed by atoms with Crippen molar-refractivity contribution in [1.82, 2.24) is 5.01 Å². The molecule has 2 aromatic carbocycles. The van der Waals surface area contributed by atoms with Crippen molar-refractivity contribution < 1.29 is 23.7 Å². The smallest absolute Gasteiger partial charge is 0.240 e. The third-order valence-corrected chi connectivity index (χ3v) is 4.90. The molecule has 1 aliphatic heterocycles. The Bertz CT molecular complexity index is 941. The Kier molecular flexibility index (Phi) is 6.82. The first-order valence-corrected chi connectivity index (χ1v) is 10.0. The van der Waals surface area contributed by atoms with Gasteiger partial charge >= 0.3 is 0 Å². The summed E-state index contributed by atoms with van der Waals surface area (Å²) < 4.78 is 22.2. The third-order valence-electron chi connectivity index (χ3n) is 4.90. The lowest BCUT2D eigenvalue weighted by molar-refractivity contribution is -0.130. The summed E-state index contributed by atoms with van der Waals surface area (Å²) in [7, 11) is 3.19. The Hall–Kier alpha value is -3.22. The molecule has 0 fully saturated rings. The average Bonchev–Trinajstić information content (AvgIpc) is 3.19. The fourth-order valence-electron chi connectivity index (χ4n) is 3.56. The van der Waals surface area contributed by atoms with E-state index < -0.39 is 0 Å². The fourth-order valence-corrected chi connectivity index (χ4v) is 3.56. The number of carbonyl (C=O) groups excluding carboxylic acids is 1. The van der Waals surface area contributed by atoms with Gasteiger partial charge in [-0.05, 0) is 43.7 Å². The predicted octanol–water partition coefficient (Wildman–Crippen LogP) is 4.20. The van der Waals surface area contributed by atoms with E-state index in [2.05, 4.69) is 5.10 Å². The summed E-state index contributed by atoms with van der Waals surface area (Å²) in [6.45, 7) is 6.48. The topological polar surface area (TPSA) is 69.6 Å². The summed E-state index contributed by atoms with van der Waals surface area (Å²) in [5.41, 5.74) is 2.57. The van der Waals surface area contributed by atoms with Crippen LogP contribution in [0.3, 0.4) is 0 Å². The summed E-state index contributed by atoms with van der Waals surface area (Å²) >= 11 is 0. The van der Waals surface area contributed by atoms with Crippen LogP contribution < -0.4 is 18.9 Å². The highest BCUT2D eigenvalue weighted by Gasteiger charge is 2.33. The van der Waals surface area contributed by atoms with Crippen LogP contribution >= 0.6 is 0 Å². The Morgan fingerprint density at radius 2 is 1.73 bits per heavy atom. The molecule has 0 aromatic heterocycles. The Balaban J connectivity index is 1.97. The molecule has 160 valence electrons. The van der Waals surface area contributed by atoms with Crippen LogP contribution in [0.25, 0.3) is 0 Å². The summed E-state index contributed by atoms with van der Waals surface area (Å²) in [6.07, 6.45) is 0.559. The van der Waals surface area contributed by atoms with Crippen molar-refractivity contribution in [2.75, 3.05) is 27.4 Å². The van der Waals surface area contributed by atoms with Gasteiger partial charge in [0.15, 0.2) is 11.5 Å². The molecule has 0 aliphatic carbocycles. The lowest BCUT2D eigenvalue weighted by Crippen LogP contribution is -2.24. The van der Waals surface area contributed by atoms with Crippen molar-refractivity contribution in [2.24, 2.45) is 5.10 Å². The van der Waals surface area contributed by atoms with Crippen LogP contribution in [0, 0.1) is 0 Å². The number of benzene rings is 2. The Morgan fingerprint density at radius 3 is 2.37 bits per heavy atom. The summed E-state index contributed by atoms with van der Waals surface area (Å²) in [5, 5.41) is 6.16. The second kappa shape index (κ2) is 9.52. The molecular weight excluding hydrogens is 384 g/mol. The number of hydrogen-bond donors (Lipinski definition) is 0. The molecule has 0 saturated carbocycles. The van der Waals surface area contributed by atoms with Gasteiger partial charge in [0.05, 0.1) is 39.2 Å².